The van der Waals surface area contributed by atoms with Gasteiger partial charge in [-0.1, -0.05) is 6.07 Å². The van der Waals surface area contributed by atoms with E-state index in [1.807, 2.05) is 30.5 Å². The number of pyridine rings is 1. The summed E-state index contributed by atoms with van der Waals surface area (Å²) in [5.41, 5.74) is 2.00. The van der Waals surface area contributed by atoms with Crippen LogP contribution in [-0.4, -0.2) is 14.7 Å². The molecule has 4 heteroatoms. The standard InChI is InChI=1S/C16H16N2O2/c1-2-18-10-12(11-20-13-5-4-8-17-9-13)16-14(18)6-3-7-15(16)19/h3-10,19H,2,11H2,1H3. The van der Waals surface area contributed by atoms with Gasteiger partial charge in [0, 0.05) is 29.9 Å². The van der Waals surface area contributed by atoms with Gasteiger partial charge in [-0.05, 0) is 31.2 Å². The second kappa shape index (κ2) is 5.25. The molecule has 2 aromatic heterocycles. The summed E-state index contributed by atoms with van der Waals surface area (Å²) in [7, 11) is 0. The van der Waals surface area contributed by atoms with Gasteiger partial charge in [0.15, 0.2) is 0 Å². The lowest BCUT2D eigenvalue weighted by Gasteiger charge is -2.05. The number of phenols is 1. The molecule has 3 aromatic rings. The fourth-order valence-electron chi connectivity index (χ4n) is 2.38. The van der Waals surface area contributed by atoms with Crippen LogP contribution in [0.15, 0.2) is 48.9 Å². The lowest BCUT2D eigenvalue weighted by atomic mass is 10.1. The van der Waals surface area contributed by atoms with Crippen molar-refractivity contribution in [3.63, 3.8) is 0 Å². The number of aryl methyl sites for hydroxylation is 1. The Morgan fingerprint density at radius 3 is 2.90 bits per heavy atom. The number of ether oxygens (including phenoxy) is 1. The van der Waals surface area contributed by atoms with Crippen molar-refractivity contribution in [2.45, 2.75) is 20.1 Å². The molecule has 1 N–H and O–H groups in total. The average Bonchev–Trinajstić information content (AvgIpc) is 2.86. The molecule has 1 aromatic carbocycles. The van der Waals surface area contributed by atoms with Gasteiger partial charge in [0.1, 0.15) is 18.1 Å². The Hall–Kier alpha value is -2.49. The van der Waals surface area contributed by atoms with E-state index < -0.39 is 0 Å². The van der Waals surface area contributed by atoms with Crippen molar-refractivity contribution in [2.75, 3.05) is 0 Å². The third-order valence-electron chi connectivity index (χ3n) is 3.33. The summed E-state index contributed by atoms with van der Waals surface area (Å²) in [6.07, 6.45) is 5.42. The zero-order valence-electron chi connectivity index (χ0n) is 11.3. The van der Waals surface area contributed by atoms with Gasteiger partial charge in [-0.2, -0.15) is 0 Å². The van der Waals surface area contributed by atoms with E-state index in [2.05, 4.69) is 16.5 Å². The van der Waals surface area contributed by atoms with E-state index in [0.717, 1.165) is 28.8 Å². The van der Waals surface area contributed by atoms with Crippen LogP contribution in [0.1, 0.15) is 12.5 Å². The van der Waals surface area contributed by atoms with E-state index in [4.69, 9.17) is 4.74 Å². The Kier molecular flexibility index (Phi) is 3.29. The fourth-order valence-corrected chi connectivity index (χ4v) is 2.38. The van der Waals surface area contributed by atoms with E-state index in [0.29, 0.717) is 12.4 Å². The molecule has 0 atom stereocenters. The van der Waals surface area contributed by atoms with E-state index in [-0.39, 0.29) is 0 Å². The molecular formula is C16H16N2O2. The van der Waals surface area contributed by atoms with E-state index >= 15 is 0 Å². The molecule has 0 amide bonds. The van der Waals surface area contributed by atoms with Gasteiger partial charge in [-0.15, -0.1) is 0 Å². The number of nitrogens with zero attached hydrogens (tertiary/aromatic N) is 2. The Morgan fingerprint density at radius 1 is 1.25 bits per heavy atom. The van der Waals surface area contributed by atoms with E-state index in [1.54, 1.807) is 18.5 Å². The largest absolute Gasteiger partial charge is 0.507 e. The molecule has 0 saturated carbocycles. The summed E-state index contributed by atoms with van der Waals surface area (Å²) in [5, 5.41) is 10.9. The smallest absolute Gasteiger partial charge is 0.138 e. The molecular weight excluding hydrogens is 252 g/mol. The van der Waals surface area contributed by atoms with Crippen molar-refractivity contribution in [1.82, 2.24) is 9.55 Å². The minimum Gasteiger partial charge on any atom is -0.507 e. The fraction of sp³-hybridized carbons (Fsp3) is 0.188. The van der Waals surface area contributed by atoms with Crippen LogP contribution in [0.5, 0.6) is 11.5 Å². The van der Waals surface area contributed by atoms with Gasteiger partial charge in [0.05, 0.1) is 11.7 Å². The number of fused-ring (bicyclic) bond motifs is 1. The molecule has 0 aliphatic carbocycles. The maximum Gasteiger partial charge on any atom is 0.138 e. The SMILES string of the molecule is CCn1cc(COc2cccnc2)c2c(O)cccc21. The molecule has 2 heterocycles. The predicted molar refractivity (Wildman–Crippen MR) is 77.8 cm³/mol. The summed E-state index contributed by atoms with van der Waals surface area (Å²) >= 11 is 0. The molecule has 0 aliphatic rings. The van der Waals surface area contributed by atoms with Crippen LogP contribution in [0.3, 0.4) is 0 Å². The average molecular weight is 268 g/mol. The highest BCUT2D eigenvalue weighted by Gasteiger charge is 2.11. The van der Waals surface area contributed by atoms with Gasteiger partial charge in [-0.25, -0.2) is 0 Å². The van der Waals surface area contributed by atoms with Gasteiger partial charge < -0.3 is 14.4 Å². The number of rotatable bonds is 4. The summed E-state index contributed by atoms with van der Waals surface area (Å²) in [5.74, 6) is 1.01. The molecule has 20 heavy (non-hydrogen) atoms. The highest BCUT2D eigenvalue weighted by atomic mass is 16.5. The summed E-state index contributed by atoms with van der Waals surface area (Å²) in [6, 6.07) is 9.27. The van der Waals surface area contributed by atoms with E-state index in [9.17, 15) is 5.11 Å². The minimum atomic E-state index is 0.291. The highest BCUT2D eigenvalue weighted by Crippen LogP contribution is 2.30. The lowest BCUT2D eigenvalue weighted by Crippen LogP contribution is -1.95. The number of benzene rings is 1. The molecule has 4 nitrogen and oxygen atoms in total. The van der Waals surface area contributed by atoms with Crippen molar-refractivity contribution in [3.8, 4) is 11.5 Å². The van der Waals surface area contributed by atoms with Crippen LogP contribution in [0.4, 0.5) is 0 Å². The lowest BCUT2D eigenvalue weighted by molar-refractivity contribution is 0.305. The third-order valence-corrected chi connectivity index (χ3v) is 3.33. The van der Waals surface area contributed by atoms with Crippen LogP contribution < -0.4 is 4.74 Å². The number of phenolic OH excluding ortho intramolecular Hbond substituents is 1. The first-order chi connectivity index (χ1) is 9.79. The highest BCUT2D eigenvalue weighted by molar-refractivity contribution is 5.89. The van der Waals surface area contributed by atoms with Crippen LogP contribution >= 0.6 is 0 Å². The van der Waals surface area contributed by atoms with E-state index in [1.165, 1.54) is 0 Å². The monoisotopic (exact) mass is 268 g/mol. The summed E-state index contributed by atoms with van der Waals surface area (Å²) in [6.45, 7) is 3.34. The third kappa shape index (κ3) is 2.20. The molecule has 0 saturated heterocycles. The minimum absolute atomic E-state index is 0.291. The molecule has 0 aliphatic heterocycles. The van der Waals surface area contributed by atoms with Crippen LogP contribution in [-0.2, 0) is 13.2 Å². The maximum absolute atomic E-state index is 10.1. The maximum atomic E-state index is 10.1. The second-order valence-corrected chi connectivity index (χ2v) is 4.59. The summed E-state index contributed by atoms with van der Waals surface area (Å²) < 4.78 is 7.83. The molecule has 3 rings (SSSR count). The van der Waals surface area contributed by atoms with Crippen molar-refractivity contribution in [2.24, 2.45) is 0 Å². The number of hydrogen-bond acceptors (Lipinski definition) is 3. The Labute approximate surface area is 117 Å². The van der Waals surface area contributed by atoms with Gasteiger partial charge in [0.25, 0.3) is 0 Å². The van der Waals surface area contributed by atoms with Crippen molar-refractivity contribution in [1.29, 1.82) is 0 Å². The second-order valence-electron chi connectivity index (χ2n) is 4.59. The van der Waals surface area contributed by atoms with Crippen molar-refractivity contribution in [3.05, 3.63) is 54.5 Å². The van der Waals surface area contributed by atoms with Crippen LogP contribution in [0.2, 0.25) is 0 Å². The predicted octanol–water partition coefficient (Wildman–Crippen LogP) is 3.34. The molecule has 0 fully saturated rings. The normalized spacial score (nSPS) is 10.8. The molecule has 102 valence electrons. The zero-order chi connectivity index (χ0) is 13.9. The summed E-state index contributed by atoms with van der Waals surface area (Å²) in [4.78, 5) is 4.02. The topological polar surface area (TPSA) is 47.3 Å². The Bertz CT molecular complexity index is 720. The van der Waals surface area contributed by atoms with Crippen molar-refractivity contribution >= 4 is 10.9 Å². The quantitative estimate of drug-likeness (QED) is 0.789. The van der Waals surface area contributed by atoms with Gasteiger partial charge >= 0.3 is 0 Å². The first-order valence-electron chi connectivity index (χ1n) is 6.62. The van der Waals surface area contributed by atoms with Crippen LogP contribution in [0, 0.1) is 0 Å². The molecule has 0 spiro atoms. The first-order valence-corrected chi connectivity index (χ1v) is 6.62. The zero-order valence-corrected chi connectivity index (χ0v) is 11.3. The first kappa shape index (κ1) is 12.5. The van der Waals surface area contributed by atoms with Gasteiger partial charge in [0.2, 0.25) is 0 Å². The number of aromatic hydroxyl groups is 1. The molecule has 0 bridgehead atoms. The Balaban J connectivity index is 1.95. The number of hydrogen-bond donors (Lipinski definition) is 1. The molecule has 0 unspecified atom stereocenters. The van der Waals surface area contributed by atoms with Crippen LogP contribution in [0.25, 0.3) is 10.9 Å². The van der Waals surface area contributed by atoms with Gasteiger partial charge in [-0.3, -0.25) is 4.98 Å². The van der Waals surface area contributed by atoms with Crippen molar-refractivity contribution < 1.29 is 9.84 Å². The molecule has 0 radical (unpaired) electrons. The Morgan fingerprint density at radius 2 is 2.15 bits per heavy atom. The number of aromatic nitrogens is 2.